The molecule has 2 atom stereocenters. The number of hydrogen-bond donors (Lipinski definition) is 1. The SMILES string of the molecule is CC1Cc2ccccc2C1NC(=O)N1CCOCC2(CCOCC2)C1. The highest BCUT2D eigenvalue weighted by Gasteiger charge is 2.39. The van der Waals surface area contributed by atoms with E-state index in [-0.39, 0.29) is 17.5 Å². The second-order valence-electron chi connectivity index (χ2n) is 7.89. The minimum Gasteiger partial charge on any atom is -0.381 e. The van der Waals surface area contributed by atoms with Gasteiger partial charge in [0.2, 0.25) is 0 Å². The Morgan fingerprint density at radius 2 is 2.00 bits per heavy atom. The minimum absolute atomic E-state index is 0.0462. The molecule has 1 aromatic rings. The molecule has 0 saturated carbocycles. The van der Waals surface area contributed by atoms with Crippen molar-refractivity contribution in [2.24, 2.45) is 11.3 Å². The molecule has 3 aliphatic rings. The van der Waals surface area contributed by atoms with E-state index < -0.39 is 0 Å². The fraction of sp³-hybridized carbons (Fsp3) is 0.650. The van der Waals surface area contributed by atoms with E-state index in [1.165, 1.54) is 11.1 Å². The van der Waals surface area contributed by atoms with E-state index in [4.69, 9.17) is 9.47 Å². The van der Waals surface area contributed by atoms with Crippen LogP contribution in [0.25, 0.3) is 0 Å². The maximum atomic E-state index is 13.0. The monoisotopic (exact) mass is 344 g/mol. The van der Waals surface area contributed by atoms with Gasteiger partial charge >= 0.3 is 6.03 Å². The lowest BCUT2D eigenvalue weighted by Gasteiger charge is -2.38. The molecule has 1 aromatic carbocycles. The molecule has 2 heterocycles. The lowest BCUT2D eigenvalue weighted by atomic mass is 9.80. The number of nitrogens with zero attached hydrogens (tertiary/aromatic N) is 1. The quantitative estimate of drug-likeness (QED) is 0.852. The van der Waals surface area contributed by atoms with Gasteiger partial charge in [-0.15, -0.1) is 0 Å². The molecule has 1 spiro atoms. The smallest absolute Gasteiger partial charge is 0.317 e. The van der Waals surface area contributed by atoms with Gasteiger partial charge in [0, 0.05) is 31.7 Å². The van der Waals surface area contributed by atoms with E-state index in [9.17, 15) is 4.79 Å². The third-order valence-corrected chi connectivity index (χ3v) is 6.06. The Labute approximate surface area is 149 Å². The van der Waals surface area contributed by atoms with E-state index >= 15 is 0 Å². The van der Waals surface area contributed by atoms with E-state index in [0.29, 0.717) is 19.1 Å². The van der Waals surface area contributed by atoms with Gasteiger partial charge in [0.25, 0.3) is 0 Å². The van der Waals surface area contributed by atoms with Gasteiger partial charge in [0.15, 0.2) is 0 Å². The molecule has 2 fully saturated rings. The van der Waals surface area contributed by atoms with E-state index in [0.717, 1.165) is 45.6 Å². The molecule has 0 radical (unpaired) electrons. The van der Waals surface area contributed by atoms with Crippen LogP contribution in [0.15, 0.2) is 24.3 Å². The Morgan fingerprint density at radius 1 is 1.20 bits per heavy atom. The van der Waals surface area contributed by atoms with Gasteiger partial charge in [0.1, 0.15) is 0 Å². The van der Waals surface area contributed by atoms with Crippen LogP contribution in [0.2, 0.25) is 0 Å². The first-order chi connectivity index (χ1) is 12.2. The number of urea groups is 1. The Balaban J connectivity index is 1.47. The fourth-order valence-electron chi connectivity index (χ4n) is 4.51. The third-order valence-electron chi connectivity index (χ3n) is 6.06. The predicted octanol–water partition coefficient (Wildman–Crippen LogP) is 2.76. The molecule has 4 rings (SSSR count). The number of ether oxygens (including phenoxy) is 2. The van der Waals surface area contributed by atoms with Crippen LogP contribution in [0, 0.1) is 11.3 Å². The van der Waals surface area contributed by atoms with Crippen LogP contribution in [0.5, 0.6) is 0 Å². The van der Waals surface area contributed by atoms with Crippen molar-refractivity contribution in [1.29, 1.82) is 0 Å². The first-order valence-corrected chi connectivity index (χ1v) is 9.46. The first-order valence-electron chi connectivity index (χ1n) is 9.46. The van der Waals surface area contributed by atoms with Crippen LogP contribution in [-0.4, -0.2) is 50.4 Å². The van der Waals surface area contributed by atoms with Crippen molar-refractivity contribution in [3.8, 4) is 0 Å². The number of carbonyl (C=O) groups is 1. The maximum Gasteiger partial charge on any atom is 0.317 e. The number of fused-ring (bicyclic) bond motifs is 1. The Bertz CT molecular complexity index is 627. The zero-order valence-corrected chi connectivity index (χ0v) is 15.0. The molecule has 25 heavy (non-hydrogen) atoms. The van der Waals surface area contributed by atoms with Gasteiger partial charge in [-0.2, -0.15) is 0 Å². The van der Waals surface area contributed by atoms with Crippen LogP contribution in [0.4, 0.5) is 4.79 Å². The predicted molar refractivity (Wildman–Crippen MR) is 95.5 cm³/mol. The molecule has 0 aromatic heterocycles. The van der Waals surface area contributed by atoms with Crippen molar-refractivity contribution in [3.63, 3.8) is 0 Å². The molecule has 2 aliphatic heterocycles. The summed E-state index contributed by atoms with van der Waals surface area (Å²) in [6.45, 7) is 6.55. The highest BCUT2D eigenvalue weighted by molar-refractivity contribution is 5.75. The summed E-state index contributed by atoms with van der Waals surface area (Å²) in [5.41, 5.74) is 2.70. The fourth-order valence-corrected chi connectivity index (χ4v) is 4.51. The molecule has 2 saturated heterocycles. The summed E-state index contributed by atoms with van der Waals surface area (Å²) in [5, 5.41) is 3.30. The largest absolute Gasteiger partial charge is 0.381 e. The van der Waals surface area contributed by atoms with Crippen molar-refractivity contribution < 1.29 is 14.3 Å². The summed E-state index contributed by atoms with van der Waals surface area (Å²) in [6, 6.07) is 8.62. The van der Waals surface area contributed by atoms with Gasteiger partial charge in [-0.3, -0.25) is 0 Å². The van der Waals surface area contributed by atoms with Crippen LogP contribution in [-0.2, 0) is 15.9 Å². The zero-order valence-electron chi connectivity index (χ0n) is 15.0. The summed E-state index contributed by atoms with van der Waals surface area (Å²) in [7, 11) is 0. The molecule has 2 amide bonds. The topological polar surface area (TPSA) is 50.8 Å². The lowest BCUT2D eigenvalue weighted by molar-refractivity contribution is -0.0295. The van der Waals surface area contributed by atoms with E-state index in [1.54, 1.807) is 0 Å². The van der Waals surface area contributed by atoms with Gasteiger partial charge < -0.3 is 19.7 Å². The standard InChI is InChI=1S/C20H28N2O3/c1-15-12-16-4-2-3-5-17(16)18(15)21-19(23)22-8-11-25-14-20(13-22)6-9-24-10-7-20/h2-5,15,18H,6-14H2,1H3,(H,21,23). The van der Waals surface area contributed by atoms with Crippen LogP contribution in [0.3, 0.4) is 0 Å². The molecular formula is C20H28N2O3. The number of rotatable bonds is 1. The van der Waals surface area contributed by atoms with Crippen molar-refractivity contribution in [3.05, 3.63) is 35.4 Å². The summed E-state index contributed by atoms with van der Waals surface area (Å²) >= 11 is 0. The third kappa shape index (κ3) is 3.40. The van der Waals surface area contributed by atoms with Crippen LogP contribution in [0.1, 0.15) is 36.9 Å². The van der Waals surface area contributed by atoms with Gasteiger partial charge in [0.05, 0.1) is 19.3 Å². The summed E-state index contributed by atoms with van der Waals surface area (Å²) in [4.78, 5) is 15.0. The first kappa shape index (κ1) is 16.9. The molecular weight excluding hydrogens is 316 g/mol. The van der Waals surface area contributed by atoms with E-state index in [1.807, 2.05) is 4.90 Å². The number of hydrogen-bond acceptors (Lipinski definition) is 3. The number of nitrogens with one attached hydrogen (secondary N) is 1. The molecule has 5 heteroatoms. The average Bonchev–Trinajstić information content (AvgIpc) is 2.80. The Morgan fingerprint density at radius 3 is 2.84 bits per heavy atom. The molecule has 136 valence electrons. The van der Waals surface area contributed by atoms with Gasteiger partial charge in [-0.05, 0) is 36.3 Å². The average molecular weight is 344 g/mol. The highest BCUT2D eigenvalue weighted by atomic mass is 16.5. The lowest BCUT2D eigenvalue weighted by Crippen LogP contribution is -2.49. The number of benzene rings is 1. The Kier molecular flexibility index (Phi) is 4.69. The van der Waals surface area contributed by atoms with Crippen LogP contribution < -0.4 is 5.32 Å². The minimum atomic E-state index is 0.0462. The summed E-state index contributed by atoms with van der Waals surface area (Å²) in [5.74, 6) is 0.432. The molecule has 1 aliphatic carbocycles. The van der Waals surface area contributed by atoms with Gasteiger partial charge in [-0.1, -0.05) is 31.2 Å². The normalized spacial score (nSPS) is 28.4. The van der Waals surface area contributed by atoms with Crippen molar-refractivity contribution in [2.75, 3.05) is 39.5 Å². The highest BCUT2D eigenvalue weighted by Crippen LogP contribution is 2.37. The molecule has 1 N–H and O–H groups in total. The zero-order chi connectivity index (χ0) is 17.3. The van der Waals surface area contributed by atoms with Gasteiger partial charge in [-0.25, -0.2) is 4.79 Å². The Hall–Kier alpha value is -1.59. The number of amides is 2. The molecule has 5 nitrogen and oxygen atoms in total. The van der Waals surface area contributed by atoms with Crippen molar-refractivity contribution in [1.82, 2.24) is 10.2 Å². The summed E-state index contributed by atoms with van der Waals surface area (Å²) in [6.07, 6.45) is 2.98. The maximum absolute atomic E-state index is 13.0. The van der Waals surface area contributed by atoms with E-state index in [2.05, 4.69) is 36.5 Å². The second-order valence-corrected chi connectivity index (χ2v) is 7.89. The molecule has 2 unspecified atom stereocenters. The van der Waals surface area contributed by atoms with Crippen molar-refractivity contribution in [2.45, 2.75) is 32.2 Å². The summed E-state index contributed by atoms with van der Waals surface area (Å²) < 4.78 is 11.4. The van der Waals surface area contributed by atoms with Crippen molar-refractivity contribution >= 4 is 6.03 Å². The number of carbonyl (C=O) groups excluding carboxylic acids is 1. The second kappa shape index (κ2) is 6.96. The molecule has 0 bridgehead atoms. The van der Waals surface area contributed by atoms with Crippen LogP contribution >= 0.6 is 0 Å².